The summed E-state index contributed by atoms with van der Waals surface area (Å²) in [6.45, 7) is 8.70. The Hall–Kier alpha value is -0.640. The average Bonchev–Trinajstić information content (AvgIpc) is 2.48. The molecule has 0 bridgehead atoms. The van der Waals surface area contributed by atoms with Gasteiger partial charge in [0.25, 0.3) is 0 Å². The third kappa shape index (κ3) is 3.94. The minimum Gasteiger partial charge on any atom is -0.317 e. The van der Waals surface area contributed by atoms with Crippen LogP contribution in [0.1, 0.15) is 38.3 Å². The molecule has 1 aliphatic rings. The fraction of sp³-hybridized carbons (Fsp3) is 0.625. The van der Waals surface area contributed by atoms with E-state index in [1.54, 1.807) is 6.07 Å². The van der Waals surface area contributed by atoms with E-state index in [0.717, 1.165) is 37.7 Å². The number of halogens is 2. The van der Waals surface area contributed by atoms with Crippen LogP contribution in [-0.4, -0.2) is 31.1 Å². The Balaban J connectivity index is 1.91. The Morgan fingerprint density at radius 1 is 1.40 bits per heavy atom. The van der Waals surface area contributed by atoms with Crippen LogP contribution in [-0.2, 0) is 0 Å². The van der Waals surface area contributed by atoms with E-state index in [-0.39, 0.29) is 10.8 Å². The van der Waals surface area contributed by atoms with Crippen LogP contribution in [0.3, 0.4) is 0 Å². The van der Waals surface area contributed by atoms with Gasteiger partial charge in [0.2, 0.25) is 0 Å². The summed E-state index contributed by atoms with van der Waals surface area (Å²) in [5, 5.41) is 3.65. The minimum atomic E-state index is -0.341. The van der Waals surface area contributed by atoms with Gasteiger partial charge in [-0.25, -0.2) is 4.39 Å². The molecule has 0 radical (unpaired) electrons. The van der Waals surface area contributed by atoms with Gasteiger partial charge in [-0.1, -0.05) is 24.6 Å². The maximum Gasteiger partial charge on any atom is 0.141 e. The summed E-state index contributed by atoms with van der Waals surface area (Å²) in [6.07, 6.45) is 2.46. The SMILES string of the molecule is CCNCC1CCN(C(C)c2ccc(F)c(Cl)c2)CC1. The number of hydrogen-bond donors (Lipinski definition) is 1. The molecule has 1 aliphatic heterocycles. The fourth-order valence-corrected chi connectivity index (χ4v) is 3.06. The van der Waals surface area contributed by atoms with E-state index >= 15 is 0 Å². The second-order valence-corrected chi connectivity index (χ2v) is 6.04. The molecule has 20 heavy (non-hydrogen) atoms. The van der Waals surface area contributed by atoms with Gasteiger partial charge in [0.1, 0.15) is 5.82 Å². The van der Waals surface area contributed by atoms with Crippen molar-refractivity contribution in [1.82, 2.24) is 10.2 Å². The quantitative estimate of drug-likeness (QED) is 0.888. The second-order valence-electron chi connectivity index (χ2n) is 5.64. The molecule has 1 heterocycles. The Bertz CT molecular complexity index is 430. The van der Waals surface area contributed by atoms with Crippen molar-refractivity contribution >= 4 is 11.6 Å². The number of piperidine rings is 1. The Labute approximate surface area is 126 Å². The lowest BCUT2D eigenvalue weighted by Gasteiger charge is -2.36. The van der Waals surface area contributed by atoms with Crippen molar-refractivity contribution in [1.29, 1.82) is 0 Å². The van der Waals surface area contributed by atoms with Crippen molar-refractivity contribution in [3.8, 4) is 0 Å². The molecule has 0 spiro atoms. The topological polar surface area (TPSA) is 15.3 Å². The van der Waals surface area contributed by atoms with Crippen LogP contribution >= 0.6 is 11.6 Å². The highest BCUT2D eigenvalue weighted by Crippen LogP contribution is 2.28. The molecule has 1 unspecified atom stereocenters. The summed E-state index contributed by atoms with van der Waals surface area (Å²) < 4.78 is 13.2. The van der Waals surface area contributed by atoms with E-state index in [1.165, 1.54) is 18.9 Å². The first-order valence-electron chi connectivity index (χ1n) is 7.51. The highest BCUT2D eigenvalue weighted by molar-refractivity contribution is 6.30. The predicted molar refractivity (Wildman–Crippen MR) is 82.7 cm³/mol. The third-order valence-electron chi connectivity index (χ3n) is 4.31. The van der Waals surface area contributed by atoms with Crippen LogP contribution in [0.15, 0.2) is 18.2 Å². The average molecular weight is 299 g/mol. The zero-order valence-electron chi connectivity index (χ0n) is 12.3. The van der Waals surface area contributed by atoms with Crippen LogP contribution in [0, 0.1) is 11.7 Å². The molecule has 1 saturated heterocycles. The van der Waals surface area contributed by atoms with E-state index < -0.39 is 0 Å². The van der Waals surface area contributed by atoms with Crippen LogP contribution in [0.25, 0.3) is 0 Å². The minimum absolute atomic E-state index is 0.219. The van der Waals surface area contributed by atoms with Gasteiger partial charge in [-0.2, -0.15) is 0 Å². The molecule has 0 amide bonds. The molecule has 1 fully saturated rings. The monoisotopic (exact) mass is 298 g/mol. The van der Waals surface area contributed by atoms with Crippen LogP contribution < -0.4 is 5.32 Å². The van der Waals surface area contributed by atoms with Gasteiger partial charge >= 0.3 is 0 Å². The number of likely N-dealkylation sites (tertiary alicyclic amines) is 1. The van der Waals surface area contributed by atoms with Crippen molar-refractivity contribution in [3.63, 3.8) is 0 Å². The van der Waals surface area contributed by atoms with Crippen LogP contribution in [0.4, 0.5) is 4.39 Å². The smallest absolute Gasteiger partial charge is 0.141 e. The first-order chi connectivity index (χ1) is 9.61. The van der Waals surface area contributed by atoms with E-state index in [2.05, 4.69) is 24.1 Å². The first-order valence-corrected chi connectivity index (χ1v) is 7.89. The molecule has 0 aromatic heterocycles. The second kappa shape index (κ2) is 7.39. The molecule has 112 valence electrons. The highest BCUT2D eigenvalue weighted by Gasteiger charge is 2.23. The molecule has 1 atom stereocenters. The standard InChI is InChI=1S/C16H24ClFN2/c1-3-19-11-13-6-8-20(9-7-13)12(2)14-4-5-16(18)15(17)10-14/h4-5,10,12-13,19H,3,6-9,11H2,1-2H3. The Kier molecular flexibility index (Phi) is 5.82. The van der Waals surface area contributed by atoms with Crippen molar-refractivity contribution in [3.05, 3.63) is 34.6 Å². The van der Waals surface area contributed by atoms with Crippen molar-refractivity contribution < 1.29 is 4.39 Å². The van der Waals surface area contributed by atoms with Crippen LogP contribution in [0.2, 0.25) is 5.02 Å². The lowest BCUT2D eigenvalue weighted by atomic mass is 9.94. The molecule has 2 rings (SSSR count). The number of rotatable bonds is 5. The summed E-state index contributed by atoms with van der Waals surface area (Å²) in [5.74, 6) is 0.446. The zero-order valence-corrected chi connectivity index (χ0v) is 13.1. The lowest BCUT2D eigenvalue weighted by Crippen LogP contribution is -2.38. The number of nitrogens with one attached hydrogen (secondary N) is 1. The van der Waals surface area contributed by atoms with E-state index in [0.29, 0.717) is 6.04 Å². The van der Waals surface area contributed by atoms with Gasteiger partial charge in [-0.3, -0.25) is 4.90 Å². The summed E-state index contributed by atoms with van der Waals surface area (Å²) >= 11 is 5.88. The number of hydrogen-bond acceptors (Lipinski definition) is 2. The molecular weight excluding hydrogens is 275 g/mol. The maximum atomic E-state index is 13.2. The molecule has 1 N–H and O–H groups in total. The van der Waals surface area contributed by atoms with Gasteiger partial charge < -0.3 is 5.32 Å². The maximum absolute atomic E-state index is 13.2. The first kappa shape index (κ1) is 15.7. The molecular formula is C16H24ClFN2. The van der Waals surface area contributed by atoms with Gasteiger partial charge in [-0.05, 0) is 69.6 Å². The zero-order chi connectivity index (χ0) is 14.5. The summed E-state index contributed by atoms with van der Waals surface area (Å²) in [7, 11) is 0. The third-order valence-corrected chi connectivity index (χ3v) is 4.60. The molecule has 2 nitrogen and oxygen atoms in total. The molecule has 0 aliphatic carbocycles. The Morgan fingerprint density at radius 2 is 2.10 bits per heavy atom. The van der Waals surface area contributed by atoms with Crippen molar-refractivity contribution in [2.24, 2.45) is 5.92 Å². The fourth-order valence-electron chi connectivity index (χ4n) is 2.88. The molecule has 0 saturated carbocycles. The number of benzene rings is 1. The summed E-state index contributed by atoms with van der Waals surface area (Å²) in [6, 6.07) is 5.36. The lowest BCUT2D eigenvalue weighted by molar-refractivity contribution is 0.140. The number of nitrogens with zero attached hydrogens (tertiary/aromatic N) is 1. The highest BCUT2D eigenvalue weighted by atomic mass is 35.5. The Morgan fingerprint density at radius 3 is 2.70 bits per heavy atom. The van der Waals surface area contributed by atoms with Gasteiger partial charge in [0.05, 0.1) is 5.02 Å². The van der Waals surface area contributed by atoms with Crippen LogP contribution in [0.5, 0.6) is 0 Å². The van der Waals surface area contributed by atoms with Gasteiger partial charge in [0, 0.05) is 6.04 Å². The summed E-state index contributed by atoms with van der Waals surface area (Å²) in [5.41, 5.74) is 1.10. The van der Waals surface area contributed by atoms with Gasteiger partial charge in [0.15, 0.2) is 0 Å². The van der Waals surface area contributed by atoms with Crippen molar-refractivity contribution in [2.75, 3.05) is 26.2 Å². The van der Waals surface area contributed by atoms with Crippen molar-refractivity contribution in [2.45, 2.75) is 32.7 Å². The van der Waals surface area contributed by atoms with E-state index in [4.69, 9.17) is 11.6 Å². The summed E-state index contributed by atoms with van der Waals surface area (Å²) in [4.78, 5) is 2.46. The molecule has 1 aromatic carbocycles. The largest absolute Gasteiger partial charge is 0.317 e. The normalized spacial score (nSPS) is 19.2. The van der Waals surface area contributed by atoms with E-state index in [1.807, 2.05) is 6.07 Å². The predicted octanol–water partition coefficient (Wildman–Crippen LogP) is 3.86. The van der Waals surface area contributed by atoms with E-state index in [9.17, 15) is 4.39 Å². The molecule has 4 heteroatoms. The van der Waals surface area contributed by atoms with Gasteiger partial charge in [-0.15, -0.1) is 0 Å². The molecule has 1 aromatic rings.